The van der Waals surface area contributed by atoms with E-state index in [-0.39, 0.29) is 0 Å². The van der Waals surface area contributed by atoms with Gasteiger partial charge in [-0.2, -0.15) is 0 Å². The SMILES string of the molecule is CNCC(Nc1ccccc1)C(C)C. The Morgan fingerprint density at radius 1 is 1.14 bits per heavy atom. The lowest BCUT2D eigenvalue weighted by Crippen LogP contribution is -2.35. The number of para-hydroxylation sites is 1. The zero-order chi connectivity index (χ0) is 10.4. The van der Waals surface area contributed by atoms with Crippen molar-refractivity contribution in [1.82, 2.24) is 5.32 Å². The third-order valence-corrected chi connectivity index (χ3v) is 2.35. The molecule has 1 aromatic rings. The molecule has 1 unspecified atom stereocenters. The molecule has 0 aromatic heterocycles. The second kappa shape index (κ2) is 5.66. The lowest BCUT2D eigenvalue weighted by atomic mass is 10.0. The Kier molecular flexibility index (Phi) is 4.47. The van der Waals surface area contributed by atoms with Gasteiger partial charge in [0.05, 0.1) is 0 Å². The van der Waals surface area contributed by atoms with E-state index < -0.39 is 0 Å². The van der Waals surface area contributed by atoms with E-state index in [9.17, 15) is 0 Å². The molecule has 0 spiro atoms. The minimum atomic E-state index is 0.488. The fourth-order valence-electron chi connectivity index (χ4n) is 1.42. The van der Waals surface area contributed by atoms with Crippen LogP contribution in [0.25, 0.3) is 0 Å². The van der Waals surface area contributed by atoms with Crippen LogP contribution >= 0.6 is 0 Å². The Morgan fingerprint density at radius 2 is 1.79 bits per heavy atom. The minimum Gasteiger partial charge on any atom is -0.381 e. The van der Waals surface area contributed by atoms with Crippen molar-refractivity contribution in [3.8, 4) is 0 Å². The molecule has 0 fully saturated rings. The predicted octanol–water partition coefficient (Wildman–Crippen LogP) is 2.34. The second-order valence-corrected chi connectivity index (χ2v) is 3.92. The number of nitrogens with one attached hydrogen (secondary N) is 2. The molecule has 2 heteroatoms. The average Bonchev–Trinajstić information content (AvgIpc) is 2.18. The highest BCUT2D eigenvalue weighted by Gasteiger charge is 2.11. The number of hydrogen-bond donors (Lipinski definition) is 2. The first-order valence-electron chi connectivity index (χ1n) is 5.20. The van der Waals surface area contributed by atoms with Crippen molar-refractivity contribution in [2.75, 3.05) is 18.9 Å². The van der Waals surface area contributed by atoms with Gasteiger partial charge in [0, 0.05) is 18.3 Å². The summed E-state index contributed by atoms with van der Waals surface area (Å²) >= 11 is 0. The first-order valence-corrected chi connectivity index (χ1v) is 5.20. The zero-order valence-electron chi connectivity index (χ0n) is 9.25. The Bertz CT molecular complexity index is 244. The van der Waals surface area contributed by atoms with Crippen molar-refractivity contribution in [2.45, 2.75) is 19.9 Å². The summed E-state index contributed by atoms with van der Waals surface area (Å²) in [4.78, 5) is 0. The van der Waals surface area contributed by atoms with Crippen LogP contribution in [0.1, 0.15) is 13.8 Å². The molecule has 2 nitrogen and oxygen atoms in total. The van der Waals surface area contributed by atoms with Crippen LogP contribution in [0.4, 0.5) is 5.69 Å². The first kappa shape index (κ1) is 11.1. The van der Waals surface area contributed by atoms with Crippen LogP contribution in [0, 0.1) is 5.92 Å². The van der Waals surface area contributed by atoms with Crippen molar-refractivity contribution in [1.29, 1.82) is 0 Å². The third kappa shape index (κ3) is 3.38. The summed E-state index contributed by atoms with van der Waals surface area (Å²) in [6.07, 6.45) is 0. The van der Waals surface area contributed by atoms with Gasteiger partial charge in [0.2, 0.25) is 0 Å². The molecular formula is C12H20N2. The summed E-state index contributed by atoms with van der Waals surface area (Å²) in [6, 6.07) is 10.8. The number of rotatable bonds is 5. The molecule has 1 atom stereocenters. The number of anilines is 1. The second-order valence-electron chi connectivity index (χ2n) is 3.92. The van der Waals surface area contributed by atoms with Crippen molar-refractivity contribution in [2.24, 2.45) is 5.92 Å². The van der Waals surface area contributed by atoms with E-state index in [1.807, 2.05) is 13.1 Å². The van der Waals surface area contributed by atoms with Crippen molar-refractivity contribution in [3.05, 3.63) is 30.3 Å². The van der Waals surface area contributed by atoms with Gasteiger partial charge in [0.15, 0.2) is 0 Å². The Morgan fingerprint density at radius 3 is 2.29 bits per heavy atom. The van der Waals surface area contributed by atoms with E-state index in [2.05, 4.69) is 48.7 Å². The van der Waals surface area contributed by atoms with Crippen LogP contribution < -0.4 is 10.6 Å². The minimum absolute atomic E-state index is 0.488. The van der Waals surface area contributed by atoms with Gasteiger partial charge in [-0.15, -0.1) is 0 Å². The molecule has 0 bridgehead atoms. The molecule has 0 aliphatic carbocycles. The number of hydrogen-bond acceptors (Lipinski definition) is 2. The van der Waals surface area contributed by atoms with Gasteiger partial charge >= 0.3 is 0 Å². The number of benzene rings is 1. The van der Waals surface area contributed by atoms with E-state index in [1.165, 1.54) is 5.69 Å². The summed E-state index contributed by atoms with van der Waals surface area (Å²) in [7, 11) is 1.99. The molecule has 78 valence electrons. The van der Waals surface area contributed by atoms with E-state index >= 15 is 0 Å². The van der Waals surface area contributed by atoms with E-state index in [0.29, 0.717) is 12.0 Å². The maximum absolute atomic E-state index is 3.52. The van der Waals surface area contributed by atoms with Crippen molar-refractivity contribution in [3.63, 3.8) is 0 Å². The van der Waals surface area contributed by atoms with Crippen LogP contribution in [0.15, 0.2) is 30.3 Å². The Balaban J connectivity index is 2.55. The highest BCUT2D eigenvalue weighted by molar-refractivity contribution is 5.43. The normalized spacial score (nSPS) is 12.9. The summed E-state index contributed by atoms with van der Waals surface area (Å²) in [6.45, 7) is 5.46. The van der Waals surface area contributed by atoms with Crippen molar-refractivity contribution < 1.29 is 0 Å². The molecule has 0 heterocycles. The fourth-order valence-corrected chi connectivity index (χ4v) is 1.42. The van der Waals surface area contributed by atoms with Crippen LogP contribution in [0.2, 0.25) is 0 Å². The lowest BCUT2D eigenvalue weighted by Gasteiger charge is -2.23. The van der Waals surface area contributed by atoms with Crippen LogP contribution in [-0.2, 0) is 0 Å². The maximum atomic E-state index is 3.52. The van der Waals surface area contributed by atoms with Gasteiger partial charge in [-0.3, -0.25) is 0 Å². The first-order chi connectivity index (χ1) is 6.74. The van der Waals surface area contributed by atoms with Gasteiger partial charge in [-0.1, -0.05) is 32.0 Å². The van der Waals surface area contributed by atoms with Gasteiger partial charge in [-0.25, -0.2) is 0 Å². The number of likely N-dealkylation sites (N-methyl/N-ethyl adjacent to an activating group) is 1. The molecule has 1 rings (SSSR count). The van der Waals surface area contributed by atoms with Gasteiger partial charge in [-0.05, 0) is 25.1 Å². The molecule has 14 heavy (non-hydrogen) atoms. The van der Waals surface area contributed by atoms with Crippen LogP contribution in [-0.4, -0.2) is 19.6 Å². The topological polar surface area (TPSA) is 24.1 Å². The maximum Gasteiger partial charge on any atom is 0.0408 e. The molecule has 0 aliphatic heterocycles. The standard InChI is InChI=1S/C12H20N2/c1-10(2)12(9-13-3)14-11-7-5-4-6-8-11/h4-8,10,12-14H,9H2,1-3H3. The van der Waals surface area contributed by atoms with Crippen LogP contribution in [0.5, 0.6) is 0 Å². The highest BCUT2D eigenvalue weighted by Crippen LogP contribution is 2.11. The molecular weight excluding hydrogens is 172 g/mol. The summed E-state index contributed by atoms with van der Waals surface area (Å²) in [5.74, 6) is 0.627. The van der Waals surface area contributed by atoms with E-state index in [1.54, 1.807) is 0 Å². The van der Waals surface area contributed by atoms with Gasteiger partial charge in [0.25, 0.3) is 0 Å². The Labute approximate surface area is 86.7 Å². The van der Waals surface area contributed by atoms with Gasteiger partial charge in [0.1, 0.15) is 0 Å². The summed E-state index contributed by atoms with van der Waals surface area (Å²) < 4.78 is 0. The summed E-state index contributed by atoms with van der Waals surface area (Å²) in [5, 5.41) is 6.72. The largest absolute Gasteiger partial charge is 0.381 e. The summed E-state index contributed by atoms with van der Waals surface area (Å²) in [5.41, 5.74) is 1.20. The highest BCUT2D eigenvalue weighted by atomic mass is 15.0. The zero-order valence-corrected chi connectivity index (χ0v) is 9.25. The smallest absolute Gasteiger partial charge is 0.0408 e. The molecule has 2 N–H and O–H groups in total. The monoisotopic (exact) mass is 192 g/mol. The molecule has 0 radical (unpaired) electrons. The van der Waals surface area contributed by atoms with E-state index in [4.69, 9.17) is 0 Å². The molecule has 0 aliphatic rings. The predicted molar refractivity (Wildman–Crippen MR) is 62.6 cm³/mol. The van der Waals surface area contributed by atoms with Gasteiger partial charge < -0.3 is 10.6 Å². The Hall–Kier alpha value is -1.02. The van der Waals surface area contributed by atoms with E-state index in [0.717, 1.165) is 6.54 Å². The molecule has 0 saturated heterocycles. The van der Waals surface area contributed by atoms with Crippen molar-refractivity contribution >= 4 is 5.69 Å². The molecule has 0 amide bonds. The molecule has 1 aromatic carbocycles. The molecule has 0 saturated carbocycles. The third-order valence-electron chi connectivity index (χ3n) is 2.35. The van der Waals surface area contributed by atoms with Crippen LogP contribution in [0.3, 0.4) is 0 Å². The lowest BCUT2D eigenvalue weighted by molar-refractivity contribution is 0.503. The average molecular weight is 192 g/mol. The quantitative estimate of drug-likeness (QED) is 0.748. The fraction of sp³-hybridized carbons (Fsp3) is 0.500.